The van der Waals surface area contributed by atoms with E-state index in [1.54, 1.807) is 59.4 Å². The van der Waals surface area contributed by atoms with Gasteiger partial charge in [0, 0.05) is 16.8 Å². The molecule has 0 saturated carbocycles. The average molecular weight is 392 g/mol. The standard InChI is InChI=1S/C20H14ClN5O2/c21-13-5-3-4-12(10-13)15-11-23-26-9-8-17(24-19(15)26)20(28)25-16-7-2-1-6-14(16)18(22)27/h1-11H,(H2,22,27)(H,25,28). The summed E-state index contributed by atoms with van der Waals surface area (Å²) in [7, 11) is 0. The molecular formula is C20H14ClN5O2. The third kappa shape index (κ3) is 3.30. The normalized spacial score (nSPS) is 10.8. The maximum Gasteiger partial charge on any atom is 0.274 e. The highest BCUT2D eigenvalue weighted by Gasteiger charge is 2.15. The van der Waals surface area contributed by atoms with Crippen molar-refractivity contribution in [1.82, 2.24) is 14.6 Å². The zero-order chi connectivity index (χ0) is 19.7. The minimum absolute atomic E-state index is 0.176. The Bertz CT molecular complexity index is 1220. The van der Waals surface area contributed by atoms with Gasteiger partial charge < -0.3 is 11.1 Å². The minimum Gasteiger partial charge on any atom is -0.366 e. The van der Waals surface area contributed by atoms with Crippen LogP contribution in [-0.2, 0) is 0 Å². The van der Waals surface area contributed by atoms with Crippen molar-refractivity contribution < 1.29 is 9.59 Å². The van der Waals surface area contributed by atoms with Crippen molar-refractivity contribution in [2.75, 3.05) is 5.32 Å². The van der Waals surface area contributed by atoms with Crippen LogP contribution in [0.1, 0.15) is 20.8 Å². The highest BCUT2D eigenvalue weighted by Crippen LogP contribution is 2.26. The van der Waals surface area contributed by atoms with Gasteiger partial charge in [0.05, 0.1) is 17.4 Å². The lowest BCUT2D eigenvalue weighted by Crippen LogP contribution is -2.19. The lowest BCUT2D eigenvalue weighted by Gasteiger charge is -2.08. The van der Waals surface area contributed by atoms with Crippen molar-refractivity contribution in [1.29, 1.82) is 0 Å². The average Bonchev–Trinajstić information content (AvgIpc) is 3.11. The molecule has 4 rings (SSSR count). The second-order valence-electron chi connectivity index (χ2n) is 6.01. The van der Waals surface area contributed by atoms with Crippen LogP contribution in [0, 0.1) is 0 Å². The molecule has 7 nitrogen and oxygen atoms in total. The molecule has 0 aliphatic rings. The van der Waals surface area contributed by atoms with Crippen LogP contribution < -0.4 is 11.1 Å². The van der Waals surface area contributed by atoms with E-state index >= 15 is 0 Å². The number of anilines is 1. The number of aromatic nitrogens is 3. The van der Waals surface area contributed by atoms with Gasteiger partial charge in [0.2, 0.25) is 0 Å². The van der Waals surface area contributed by atoms with Crippen LogP contribution in [0.3, 0.4) is 0 Å². The van der Waals surface area contributed by atoms with Crippen molar-refractivity contribution in [2.24, 2.45) is 5.73 Å². The summed E-state index contributed by atoms with van der Waals surface area (Å²) in [6, 6.07) is 15.4. The van der Waals surface area contributed by atoms with Gasteiger partial charge in [0.25, 0.3) is 11.8 Å². The molecule has 3 N–H and O–H groups in total. The van der Waals surface area contributed by atoms with Gasteiger partial charge >= 0.3 is 0 Å². The molecule has 4 aromatic rings. The Kier molecular flexibility index (Phi) is 4.50. The number of carbonyl (C=O) groups excluding carboxylic acids is 2. The van der Waals surface area contributed by atoms with E-state index in [0.29, 0.717) is 16.4 Å². The molecule has 2 aromatic carbocycles. The highest BCUT2D eigenvalue weighted by atomic mass is 35.5. The Balaban J connectivity index is 1.71. The van der Waals surface area contributed by atoms with Gasteiger partial charge in [-0.2, -0.15) is 5.10 Å². The van der Waals surface area contributed by atoms with Crippen molar-refractivity contribution in [3.05, 3.63) is 83.3 Å². The molecular weight excluding hydrogens is 378 g/mol. The third-order valence-corrected chi connectivity index (χ3v) is 4.41. The summed E-state index contributed by atoms with van der Waals surface area (Å²) >= 11 is 6.08. The van der Waals surface area contributed by atoms with Crippen molar-refractivity contribution >= 4 is 34.7 Å². The van der Waals surface area contributed by atoms with Gasteiger partial charge in [-0.25, -0.2) is 9.50 Å². The van der Waals surface area contributed by atoms with Gasteiger partial charge in [-0.1, -0.05) is 35.9 Å². The smallest absolute Gasteiger partial charge is 0.274 e. The summed E-state index contributed by atoms with van der Waals surface area (Å²) in [5.74, 6) is -1.09. The van der Waals surface area contributed by atoms with Gasteiger partial charge in [-0.3, -0.25) is 9.59 Å². The summed E-state index contributed by atoms with van der Waals surface area (Å²) < 4.78 is 1.57. The first-order valence-corrected chi connectivity index (χ1v) is 8.71. The monoisotopic (exact) mass is 391 g/mol. The Hall–Kier alpha value is -3.71. The maximum absolute atomic E-state index is 12.7. The van der Waals surface area contributed by atoms with E-state index in [1.165, 1.54) is 0 Å². The van der Waals surface area contributed by atoms with Crippen LogP contribution in [0.5, 0.6) is 0 Å². The molecule has 0 bridgehead atoms. The fourth-order valence-electron chi connectivity index (χ4n) is 2.85. The van der Waals surface area contributed by atoms with Crippen molar-refractivity contribution in [3.8, 4) is 11.1 Å². The molecule has 0 unspecified atom stereocenters. The summed E-state index contributed by atoms with van der Waals surface area (Å²) in [5.41, 5.74) is 8.18. The molecule has 0 saturated heterocycles. The minimum atomic E-state index is -0.627. The lowest BCUT2D eigenvalue weighted by atomic mass is 10.1. The predicted molar refractivity (Wildman–Crippen MR) is 106 cm³/mol. The first kappa shape index (κ1) is 17.7. The molecule has 0 radical (unpaired) electrons. The Labute approximate surface area is 164 Å². The summed E-state index contributed by atoms with van der Waals surface area (Å²) in [5, 5.41) is 7.54. The summed E-state index contributed by atoms with van der Waals surface area (Å²) in [4.78, 5) is 28.7. The number of hydrogen-bond donors (Lipinski definition) is 2. The number of benzene rings is 2. The maximum atomic E-state index is 12.7. The molecule has 28 heavy (non-hydrogen) atoms. The number of primary amides is 1. The first-order chi connectivity index (χ1) is 13.5. The summed E-state index contributed by atoms with van der Waals surface area (Å²) in [6.07, 6.45) is 3.31. The van der Waals surface area contributed by atoms with Crippen LogP contribution in [-0.4, -0.2) is 26.4 Å². The van der Waals surface area contributed by atoms with Crippen LogP contribution in [0.15, 0.2) is 67.0 Å². The molecule has 2 amide bonds. The number of nitrogens with two attached hydrogens (primary N) is 1. The zero-order valence-corrected chi connectivity index (χ0v) is 15.2. The van der Waals surface area contributed by atoms with E-state index < -0.39 is 11.8 Å². The van der Waals surface area contributed by atoms with Crippen LogP contribution >= 0.6 is 11.6 Å². The third-order valence-electron chi connectivity index (χ3n) is 4.18. The number of para-hydroxylation sites is 1. The second-order valence-corrected chi connectivity index (χ2v) is 6.45. The van der Waals surface area contributed by atoms with Gasteiger partial charge in [-0.05, 0) is 35.9 Å². The van der Waals surface area contributed by atoms with E-state index in [0.717, 1.165) is 11.1 Å². The molecule has 2 heterocycles. The van der Waals surface area contributed by atoms with Crippen molar-refractivity contribution in [3.63, 3.8) is 0 Å². The van der Waals surface area contributed by atoms with Crippen LogP contribution in [0.4, 0.5) is 5.69 Å². The summed E-state index contributed by atoms with van der Waals surface area (Å²) in [6.45, 7) is 0. The van der Waals surface area contributed by atoms with E-state index in [1.807, 2.05) is 12.1 Å². The Morgan fingerprint density at radius 1 is 1.07 bits per heavy atom. The van der Waals surface area contributed by atoms with Gasteiger partial charge in [0.15, 0.2) is 5.65 Å². The number of fused-ring (bicyclic) bond motifs is 1. The molecule has 0 aliphatic carbocycles. The fourth-order valence-corrected chi connectivity index (χ4v) is 3.04. The molecule has 0 atom stereocenters. The highest BCUT2D eigenvalue weighted by molar-refractivity contribution is 6.30. The lowest BCUT2D eigenvalue weighted by molar-refractivity contribution is 0.100. The number of nitrogens with zero attached hydrogens (tertiary/aromatic N) is 3. The van der Waals surface area contributed by atoms with E-state index in [9.17, 15) is 9.59 Å². The quantitative estimate of drug-likeness (QED) is 0.556. The fraction of sp³-hybridized carbons (Fsp3) is 0. The first-order valence-electron chi connectivity index (χ1n) is 8.33. The number of rotatable bonds is 4. The Morgan fingerprint density at radius 2 is 1.89 bits per heavy atom. The van der Waals surface area contributed by atoms with Crippen LogP contribution in [0.2, 0.25) is 5.02 Å². The SMILES string of the molecule is NC(=O)c1ccccc1NC(=O)c1ccn2ncc(-c3cccc(Cl)c3)c2n1. The van der Waals surface area contributed by atoms with E-state index in [2.05, 4.69) is 15.4 Å². The van der Waals surface area contributed by atoms with E-state index in [-0.39, 0.29) is 11.3 Å². The number of amides is 2. The van der Waals surface area contributed by atoms with Crippen molar-refractivity contribution in [2.45, 2.75) is 0 Å². The van der Waals surface area contributed by atoms with E-state index in [4.69, 9.17) is 17.3 Å². The molecule has 0 fully saturated rings. The zero-order valence-electron chi connectivity index (χ0n) is 14.5. The topological polar surface area (TPSA) is 102 Å². The molecule has 138 valence electrons. The number of carbonyl (C=O) groups is 2. The van der Waals surface area contributed by atoms with Gasteiger partial charge in [-0.15, -0.1) is 0 Å². The molecule has 0 spiro atoms. The largest absolute Gasteiger partial charge is 0.366 e. The molecule has 0 aliphatic heterocycles. The number of halogens is 1. The number of nitrogens with one attached hydrogen (secondary N) is 1. The second kappa shape index (κ2) is 7.13. The molecule has 2 aromatic heterocycles. The predicted octanol–water partition coefficient (Wildman–Crippen LogP) is 3.40. The molecule has 8 heteroatoms. The Morgan fingerprint density at radius 3 is 2.68 bits per heavy atom. The van der Waals surface area contributed by atoms with Crippen LogP contribution in [0.25, 0.3) is 16.8 Å². The number of hydrogen-bond acceptors (Lipinski definition) is 4. The van der Waals surface area contributed by atoms with Gasteiger partial charge in [0.1, 0.15) is 5.69 Å².